The SMILES string of the molecule is C1=CC2=C(CC1)CCc1c2ccc2ccccc12.CC(=O)Nc1ccc([As](=O)(O)OO)cc1.Oc1cccc2ccccc12. The molecule has 5 aromatic carbocycles. The van der Waals surface area contributed by atoms with Gasteiger partial charge in [-0.2, -0.15) is 0 Å². The molecule has 0 spiro atoms. The summed E-state index contributed by atoms with van der Waals surface area (Å²) >= 11 is -4.76. The molecular formula is C36H34AsNO6. The van der Waals surface area contributed by atoms with E-state index >= 15 is 0 Å². The van der Waals surface area contributed by atoms with Crippen LogP contribution in [0.1, 0.15) is 37.3 Å². The first-order valence-electron chi connectivity index (χ1n) is 14.4. The molecule has 7 nitrogen and oxygen atoms in total. The Kier molecular flexibility index (Phi) is 9.83. The molecule has 0 fully saturated rings. The van der Waals surface area contributed by atoms with Gasteiger partial charge in [-0.25, -0.2) is 0 Å². The number of benzene rings is 5. The molecule has 0 aromatic heterocycles. The van der Waals surface area contributed by atoms with Crippen molar-refractivity contribution in [2.45, 2.75) is 32.6 Å². The van der Waals surface area contributed by atoms with E-state index in [1.54, 1.807) is 17.2 Å². The average molecular weight is 652 g/mol. The number of allylic oxidation sites excluding steroid dienone is 4. The van der Waals surface area contributed by atoms with Crippen LogP contribution in [0, 0.1) is 0 Å². The predicted octanol–water partition coefficient (Wildman–Crippen LogP) is 7.14. The summed E-state index contributed by atoms with van der Waals surface area (Å²) in [5, 5.41) is 24.9. The third kappa shape index (κ3) is 7.21. The van der Waals surface area contributed by atoms with Crippen molar-refractivity contribution in [2.75, 3.05) is 5.32 Å². The van der Waals surface area contributed by atoms with Gasteiger partial charge in [-0.3, -0.25) is 0 Å². The fourth-order valence-electron chi connectivity index (χ4n) is 5.58. The molecule has 5 aromatic rings. The van der Waals surface area contributed by atoms with Gasteiger partial charge in [0.2, 0.25) is 0 Å². The van der Waals surface area contributed by atoms with E-state index in [1.165, 1.54) is 78.8 Å². The Balaban J connectivity index is 0.000000135. The molecule has 224 valence electrons. The largest absolute Gasteiger partial charge is 0.507 e. The molecule has 0 saturated carbocycles. The Morgan fingerprint density at radius 2 is 1.45 bits per heavy atom. The van der Waals surface area contributed by atoms with Gasteiger partial charge in [0.25, 0.3) is 0 Å². The van der Waals surface area contributed by atoms with Crippen LogP contribution in [0.25, 0.3) is 27.1 Å². The Labute approximate surface area is 259 Å². The van der Waals surface area contributed by atoms with Crippen LogP contribution in [0.5, 0.6) is 5.75 Å². The summed E-state index contributed by atoms with van der Waals surface area (Å²) in [5.41, 5.74) is 6.71. The standard InChI is InChI=1S/C18H16.C10H8O.C8H10AsNO5/c1-3-7-15-13(5-1)9-11-18-16-8-4-2-6-14(16)10-12-17(15)18;11-10-7-3-5-8-4-1-2-6-9(8)10;1-6(11)10-8-4-2-7(3-5-8)9(12,13)15-14/h1,3-5,7-9,11H,2,6,10,12H2;1-7,11H;2-5,14H,1H3,(H,10,11)(H,12,13). The molecule has 8 heteroatoms. The zero-order chi connectivity index (χ0) is 31.1. The number of hydrogen-bond donors (Lipinski definition) is 4. The molecule has 4 N–H and O–H groups in total. The van der Waals surface area contributed by atoms with E-state index in [-0.39, 0.29) is 10.3 Å². The number of amides is 1. The molecule has 2 aliphatic carbocycles. The van der Waals surface area contributed by atoms with E-state index < -0.39 is 14.2 Å². The summed E-state index contributed by atoms with van der Waals surface area (Å²) in [6.07, 6.45) is 9.61. The van der Waals surface area contributed by atoms with Crippen molar-refractivity contribution in [3.8, 4) is 5.75 Å². The molecule has 1 amide bonds. The fraction of sp³-hybridized carbons (Fsp3) is 0.139. The molecule has 0 radical (unpaired) electrons. The second kappa shape index (κ2) is 13.9. The summed E-state index contributed by atoms with van der Waals surface area (Å²) in [4.78, 5) is 10.7. The Hall–Kier alpha value is -4.39. The number of aryl methyl sites for hydroxylation is 1. The smallest absolute Gasteiger partial charge is 0.123 e. The molecule has 0 bridgehead atoms. The number of nitrogens with one attached hydrogen (secondary N) is 1. The molecule has 1 atom stereocenters. The summed E-state index contributed by atoms with van der Waals surface area (Å²) < 4.78 is 23.8. The molecule has 1 unspecified atom stereocenters. The summed E-state index contributed by atoms with van der Waals surface area (Å²) in [7, 11) is 0. The van der Waals surface area contributed by atoms with Gasteiger partial charge in [0, 0.05) is 5.39 Å². The van der Waals surface area contributed by atoms with E-state index in [9.17, 15) is 13.6 Å². The van der Waals surface area contributed by atoms with E-state index in [4.69, 9.17) is 9.35 Å². The fourth-order valence-corrected chi connectivity index (χ4v) is 6.88. The molecule has 44 heavy (non-hydrogen) atoms. The minimum absolute atomic E-state index is 0.00438. The first-order chi connectivity index (χ1) is 21.3. The van der Waals surface area contributed by atoms with E-state index in [0.29, 0.717) is 11.4 Å². The zero-order valence-electron chi connectivity index (χ0n) is 24.3. The molecular weight excluding hydrogens is 617 g/mol. The Morgan fingerprint density at radius 1 is 0.795 bits per heavy atom. The maximum absolute atomic E-state index is 11.2. The van der Waals surface area contributed by atoms with Crippen LogP contribution in [0.15, 0.2) is 121 Å². The van der Waals surface area contributed by atoms with Crippen LogP contribution < -0.4 is 9.67 Å². The minimum Gasteiger partial charge on any atom is -0.507 e. The van der Waals surface area contributed by atoms with Crippen LogP contribution in [-0.2, 0) is 18.8 Å². The summed E-state index contributed by atoms with van der Waals surface area (Å²) in [6, 6.07) is 32.2. The van der Waals surface area contributed by atoms with Gasteiger partial charge < -0.3 is 5.11 Å². The number of fused-ring (bicyclic) bond motifs is 5. The van der Waals surface area contributed by atoms with Crippen LogP contribution in [0.4, 0.5) is 5.69 Å². The number of carbonyl (C=O) groups is 1. The molecule has 0 aliphatic heterocycles. The van der Waals surface area contributed by atoms with Crippen molar-refractivity contribution in [3.63, 3.8) is 0 Å². The molecule has 7 rings (SSSR count). The Bertz CT molecular complexity index is 1910. The second-order valence-corrected chi connectivity index (χ2v) is 14.2. The minimum atomic E-state index is -4.76. The average Bonchev–Trinajstić information content (AvgIpc) is 3.05. The predicted molar refractivity (Wildman–Crippen MR) is 176 cm³/mol. The van der Waals surface area contributed by atoms with E-state index in [0.717, 1.165) is 10.8 Å². The van der Waals surface area contributed by atoms with Crippen molar-refractivity contribution >= 4 is 57.2 Å². The summed E-state index contributed by atoms with van der Waals surface area (Å²) in [6.45, 7) is 1.35. The van der Waals surface area contributed by atoms with Gasteiger partial charge in [0.1, 0.15) is 5.75 Å². The molecule has 0 saturated heterocycles. The van der Waals surface area contributed by atoms with Gasteiger partial charge in [-0.05, 0) is 64.6 Å². The Morgan fingerprint density at radius 3 is 2.14 bits per heavy atom. The van der Waals surface area contributed by atoms with Gasteiger partial charge in [-0.15, -0.1) is 0 Å². The number of hydrogen-bond acceptors (Lipinski definition) is 5. The van der Waals surface area contributed by atoms with Crippen molar-refractivity contribution in [1.82, 2.24) is 0 Å². The van der Waals surface area contributed by atoms with Gasteiger partial charge in [0.05, 0.1) is 0 Å². The first kappa shape index (κ1) is 31.0. The van der Waals surface area contributed by atoms with Crippen LogP contribution in [0.3, 0.4) is 0 Å². The maximum atomic E-state index is 11.2. The van der Waals surface area contributed by atoms with E-state index in [2.05, 4.69) is 57.7 Å². The third-order valence-corrected chi connectivity index (χ3v) is 10.1. The number of carbonyl (C=O) groups excluding carboxylic acids is 1. The zero-order valence-corrected chi connectivity index (χ0v) is 26.2. The monoisotopic (exact) mass is 651 g/mol. The maximum Gasteiger partial charge on any atom is 0.123 e. The molecule has 2 aliphatic rings. The van der Waals surface area contributed by atoms with Crippen LogP contribution in [-0.4, -0.2) is 34.5 Å². The first-order valence-corrected chi connectivity index (χ1v) is 17.7. The normalized spacial score (nSPS) is 14.7. The van der Waals surface area contributed by atoms with Crippen LogP contribution >= 0.6 is 0 Å². The summed E-state index contributed by atoms with van der Waals surface area (Å²) in [5.74, 6) is 0.113. The van der Waals surface area contributed by atoms with Crippen molar-refractivity contribution < 1.29 is 26.9 Å². The number of phenolic OH excluding ortho intramolecular Hbond substituents is 1. The number of rotatable bonds is 3. The van der Waals surface area contributed by atoms with Gasteiger partial charge in [0.15, 0.2) is 0 Å². The van der Waals surface area contributed by atoms with Gasteiger partial charge >= 0.3 is 88.4 Å². The van der Waals surface area contributed by atoms with Crippen LogP contribution in [0.2, 0.25) is 0 Å². The molecule has 0 heterocycles. The van der Waals surface area contributed by atoms with Crippen molar-refractivity contribution in [3.05, 3.63) is 132 Å². The number of anilines is 1. The third-order valence-electron chi connectivity index (χ3n) is 7.68. The van der Waals surface area contributed by atoms with Gasteiger partial charge in [-0.1, -0.05) is 90.5 Å². The number of phenols is 1. The van der Waals surface area contributed by atoms with Crippen molar-refractivity contribution in [2.24, 2.45) is 0 Å². The topological polar surface area (TPSA) is 116 Å². The quantitative estimate of drug-likeness (QED) is 0.0937. The number of aromatic hydroxyl groups is 1. The van der Waals surface area contributed by atoms with E-state index in [1.807, 2.05) is 36.4 Å². The second-order valence-electron chi connectivity index (χ2n) is 10.6. The van der Waals surface area contributed by atoms with Crippen molar-refractivity contribution in [1.29, 1.82) is 0 Å².